The van der Waals surface area contributed by atoms with Gasteiger partial charge in [0.25, 0.3) is 10.1 Å². The topological polar surface area (TPSA) is 112 Å². The van der Waals surface area contributed by atoms with Crippen molar-refractivity contribution >= 4 is 45.3 Å². The molecule has 0 saturated heterocycles. The molecule has 1 aromatic heterocycles. The summed E-state index contributed by atoms with van der Waals surface area (Å²) in [6.45, 7) is 1.71. The number of aromatic nitrogens is 1. The van der Waals surface area contributed by atoms with Crippen LogP contribution in [0, 0.1) is 0 Å². The predicted molar refractivity (Wildman–Crippen MR) is 135 cm³/mol. The van der Waals surface area contributed by atoms with Crippen molar-refractivity contribution in [3.05, 3.63) is 70.3 Å². The second kappa shape index (κ2) is 12.7. The van der Waals surface area contributed by atoms with Gasteiger partial charge in [-0.3, -0.25) is 8.98 Å². The highest BCUT2D eigenvalue weighted by molar-refractivity contribution is 7.85. The molecule has 0 aliphatic rings. The summed E-state index contributed by atoms with van der Waals surface area (Å²) >= 11 is 12.1. The van der Waals surface area contributed by atoms with Gasteiger partial charge in [-0.1, -0.05) is 54.4 Å². The minimum Gasteiger partial charge on any atom is -0.481 e. The summed E-state index contributed by atoms with van der Waals surface area (Å²) in [5.74, 6) is -1.26. The second-order valence-electron chi connectivity index (χ2n) is 7.24. The molecule has 1 N–H and O–H groups in total. The molecule has 3 rings (SSSR count). The van der Waals surface area contributed by atoms with E-state index >= 15 is 0 Å². The van der Waals surface area contributed by atoms with Gasteiger partial charge in [0.05, 0.1) is 31.2 Å². The number of hydrogen-bond donors (Lipinski definition) is 1. The third-order valence-electron chi connectivity index (χ3n) is 4.67. The van der Waals surface area contributed by atoms with Gasteiger partial charge < -0.3 is 14.4 Å². The molecule has 0 unspecified atom stereocenters. The van der Waals surface area contributed by atoms with Gasteiger partial charge in [-0.05, 0) is 35.4 Å². The lowest BCUT2D eigenvalue weighted by atomic mass is 9.98. The zero-order chi connectivity index (χ0) is 26.2. The lowest BCUT2D eigenvalue weighted by Gasteiger charge is -2.13. The fourth-order valence-corrected chi connectivity index (χ4v) is 3.74. The van der Waals surface area contributed by atoms with E-state index in [4.69, 9.17) is 37.2 Å². The maximum atomic E-state index is 12.5. The van der Waals surface area contributed by atoms with E-state index in [1.807, 2.05) is 12.1 Å². The molecule has 0 spiro atoms. The number of carbonyl (C=O) groups excluding carboxylic acids is 1. The summed E-state index contributed by atoms with van der Waals surface area (Å²) in [7, 11) is -2.29. The van der Waals surface area contributed by atoms with Crippen molar-refractivity contribution in [1.82, 2.24) is 4.57 Å². The molecule has 0 aliphatic heterocycles. The SMILES string of the molecule is CCC(=O)O.COC(=O)c1cn(CCOS(C)(=O)=O)c(-c2ccc(Cl)cc2)c1-c1ccc(Cl)cc1. The maximum Gasteiger partial charge on any atom is 0.340 e. The minimum atomic E-state index is -3.60. The number of ether oxygens (including phenoxy) is 1. The van der Waals surface area contributed by atoms with Crippen LogP contribution in [0.1, 0.15) is 23.7 Å². The molecule has 3 aromatic rings. The highest BCUT2D eigenvalue weighted by Crippen LogP contribution is 2.38. The Kier molecular flexibility index (Phi) is 10.3. The molecule has 2 aromatic carbocycles. The van der Waals surface area contributed by atoms with Gasteiger partial charge in [-0.15, -0.1) is 0 Å². The fraction of sp³-hybridized carbons (Fsp3) is 0.250. The number of halogens is 2. The van der Waals surface area contributed by atoms with Crippen LogP contribution in [0.3, 0.4) is 0 Å². The molecule has 0 atom stereocenters. The number of methoxy groups -OCH3 is 1. The van der Waals surface area contributed by atoms with E-state index in [0.29, 0.717) is 26.9 Å². The van der Waals surface area contributed by atoms with Crippen molar-refractivity contribution in [2.24, 2.45) is 0 Å². The molecule has 0 bridgehead atoms. The van der Waals surface area contributed by atoms with Crippen LogP contribution in [0.4, 0.5) is 0 Å². The summed E-state index contributed by atoms with van der Waals surface area (Å²) < 4.78 is 34.4. The summed E-state index contributed by atoms with van der Waals surface area (Å²) in [4.78, 5) is 21.9. The van der Waals surface area contributed by atoms with Crippen LogP contribution in [-0.2, 0) is 30.4 Å². The van der Waals surface area contributed by atoms with Gasteiger partial charge in [-0.2, -0.15) is 8.42 Å². The normalized spacial score (nSPS) is 10.9. The highest BCUT2D eigenvalue weighted by atomic mass is 35.5. The minimum absolute atomic E-state index is 0.0885. The van der Waals surface area contributed by atoms with Gasteiger partial charge in [-0.25, -0.2) is 4.79 Å². The van der Waals surface area contributed by atoms with Crippen molar-refractivity contribution in [3.63, 3.8) is 0 Å². The van der Waals surface area contributed by atoms with Crippen LogP contribution >= 0.6 is 23.2 Å². The molecule has 0 saturated carbocycles. The number of carboxylic acid groups (broad SMARTS) is 1. The quantitative estimate of drug-likeness (QED) is 0.301. The maximum absolute atomic E-state index is 12.5. The monoisotopic (exact) mass is 541 g/mol. The number of carbonyl (C=O) groups is 2. The molecule has 0 amide bonds. The molecule has 11 heteroatoms. The van der Waals surface area contributed by atoms with E-state index < -0.39 is 22.1 Å². The van der Waals surface area contributed by atoms with Crippen molar-refractivity contribution in [2.45, 2.75) is 19.9 Å². The lowest BCUT2D eigenvalue weighted by molar-refractivity contribution is -0.136. The first-order valence-electron chi connectivity index (χ1n) is 10.4. The van der Waals surface area contributed by atoms with Gasteiger partial charge in [0, 0.05) is 34.8 Å². The largest absolute Gasteiger partial charge is 0.481 e. The second-order valence-corrected chi connectivity index (χ2v) is 9.76. The molecule has 0 radical (unpaired) electrons. The van der Waals surface area contributed by atoms with Crippen LogP contribution in [0.25, 0.3) is 22.4 Å². The predicted octanol–water partition coefficient (Wildman–Crippen LogP) is 5.37. The van der Waals surface area contributed by atoms with Crippen molar-refractivity contribution in [2.75, 3.05) is 20.0 Å². The zero-order valence-electron chi connectivity index (χ0n) is 19.3. The van der Waals surface area contributed by atoms with Gasteiger partial charge >= 0.3 is 11.9 Å². The van der Waals surface area contributed by atoms with Crippen molar-refractivity contribution in [1.29, 1.82) is 0 Å². The van der Waals surface area contributed by atoms with Crippen molar-refractivity contribution < 1.29 is 32.0 Å². The standard InChI is InChI=1S/C21H19Cl2NO5S.C3H6O2/c1-28-21(25)18-13-24(11-12-29-30(2,26)27)20(15-5-9-17(23)10-6-15)19(18)14-3-7-16(22)8-4-14;1-2-3(4)5/h3-10,13H,11-12H2,1-2H3;2H2,1H3,(H,4,5). The Hall–Kier alpha value is -2.85. The molecule has 188 valence electrons. The van der Waals surface area contributed by atoms with Crippen LogP contribution in [-0.4, -0.2) is 50.0 Å². The number of carboxylic acids is 1. The van der Waals surface area contributed by atoms with Crippen LogP contribution in [0.5, 0.6) is 0 Å². The van der Waals surface area contributed by atoms with E-state index in [-0.39, 0.29) is 19.6 Å². The zero-order valence-corrected chi connectivity index (χ0v) is 21.7. The number of benzene rings is 2. The average Bonchev–Trinajstić information content (AvgIpc) is 3.18. The number of rotatable bonds is 8. The Morgan fingerprint density at radius 1 is 0.971 bits per heavy atom. The van der Waals surface area contributed by atoms with E-state index in [2.05, 4.69) is 0 Å². The van der Waals surface area contributed by atoms with Crippen LogP contribution in [0.15, 0.2) is 54.7 Å². The Labute approximate surface area is 214 Å². The van der Waals surface area contributed by atoms with E-state index in [1.54, 1.807) is 54.1 Å². The molecule has 1 heterocycles. The molecule has 0 fully saturated rings. The average molecular weight is 542 g/mol. The van der Waals surface area contributed by atoms with E-state index in [1.165, 1.54) is 7.11 Å². The summed E-state index contributed by atoms with van der Waals surface area (Å²) in [5.41, 5.74) is 3.22. The third kappa shape index (κ3) is 8.40. The smallest absolute Gasteiger partial charge is 0.340 e. The Bertz CT molecular complexity index is 1270. The molecular formula is C24H25Cl2NO7S. The van der Waals surface area contributed by atoms with Gasteiger partial charge in [0.1, 0.15) is 0 Å². The summed E-state index contributed by atoms with van der Waals surface area (Å²) in [6.07, 6.45) is 2.84. The van der Waals surface area contributed by atoms with E-state index in [9.17, 15) is 18.0 Å². The number of hydrogen-bond acceptors (Lipinski definition) is 6. The Morgan fingerprint density at radius 3 is 1.89 bits per heavy atom. The first-order valence-corrected chi connectivity index (χ1v) is 12.9. The number of esters is 1. The Morgan fingerprint density at radius 2 is 1.46 bits per heavy atom. The van der Waals surface area contributed by atoms with E-state index in [0.717, 1.165) is 17.4 Å². The number of aliphatic carboxylic acids is 1. The molecular weight excluding hydrogens is 517 g/mol. The van der Waals surface area contributed by atoms with Gasteiger partial charge in [0.2, 0.25) is 0 Å². The molecule has 35 heavy (non-hydrogen) atoms. The Balaban J connectivity index is 0.000000784. The number of nitrogens with zero attached hydrogens (tertiary/aromatic N) is 1. The molecule has 8 nitrogen and oxygen atoms in total. The van der Waals surface area contributed by atoms with Crippen LogP contribution < -0.4 is 0 Å². The van der Waals surface area contributed by atoms with Crippen molar-refractivity contribution in [3.8, 4) is 22.4 Å². The first-order chi connectivity index (χ1) is 16.5. The summed E-state index contributed by atoms with van der Waals surface area (Å²) in [6, 6.07) is 14.2. The lowest BCUT2D eigenvalue weighted by Crippen LogP contribution is -2.10. The highest BCUT2D eigenvalue weighted by Gasteiger charge is 2.24. The van der Waals surface area contributed by atoms with Crippen LogP contribution in [0.2, 0.25) is 10.0 Å². The summed E-state index contributed by atoms with van der Waals surface area (Å²) in [5, 5.41) is 8.85. The first kappa shape index (κ1) is 28.4. The van der Waals surface area contributed by atoms with Gasteiger partial charge in [0.15, 0.2) is 0 Å². The third-order valence-corrected chi connectivity index (χ3v) is 5.76. The molecule has 0 aliphatic carbocycles. The fourth-order valence-electron chi connectivity index (χ4n) is 3.11.